The van der Waals surface area contributed by atoms with Gasteiger partial charge in [-0.25, -0.2) is 0 Å². The highest BCUT2D eigenvalue weighted by molar-refractivity contribution is 5.90. The first-order valence-electron chi connectivity index (χ1n) is 7.78. The number of aryl methyl sites for hydroxylation is 1. The van der Waals surface area contributed by atoms with E-state index in [9.17, 15) is 4.79 Å². The lowest BCUT2D eigenvalue weighted by Gasteiger charge is -2.28. The molecule has 0 radical (unpaired) electrons. The summed E-state index contributed by atoms with van der Waals surface area (Å²) in [7, 11) is 0. The van der Waals surface area contributed by atoms with Crippen LogP contribution in [0.15, 0.2) is 24.3 Å². The minimum absolute atomic E-state index is 0.135. The topological polar surface area (TPSA) is 41.1 Å². The van der Waals surface area contributed by atoms with Crippen molar-refractivity contribution < 1.29 is 4.79 Å². The van der Waals surface area contributed by atoms with Crippen molar-refractivity contribution in [3.05, 3.63) is 29.8 Å². The Morgan fingerprint density at radius 3 is 3.05 bits per heavy atom. The predicted octanol–water partition coefficient (Wildman–Crippen LogP) is 3.21. The number of amides is 1. The summed E-state index contributed by atoms with van der Waals surface area (Å²) in [6, 6.07) is 8.11. The molecule has 1 aliphatic rings. The smallest absolute Gasteiger partial charge is 0.224 e. The monoisotopic (exact) mass is 274 g/mol. The fourth-order valence-corrected chi connectivity index (χ4v) is 2.90. The van der Waals surface area contributed by atoms with Crippen LogP contribution < -0.4 is 10.6 Å². The van der Waals surface area contributed by atoms with Gasteiger partial charge >= 0.3 is 0 Å². The van der Waals surface area contributed by atoms with Crippen molar-refractivity contribution in [1.82, 2.24) is 5.32 Å². The molecule has 3 heteroatoms. The van der Waals surface area contributed by atoms with Gasteiger partial charge in [0.1, 0.15) is 0 Å². The summed E-state index contributed by atoms with van der Waals surface area (Å²) in [4.78, 5) is 12.1. The molecule has 0 aliphatic carbocycles. The van der Waals surface area contributed by atoms with Crippen LogP contribution in [0.4, 0.5) is 5.69 Å². The number of piperidine rings is 1. The Hall–Kier alpha value is -1.35. The fraction of sp³-hybridized carbons (Fsp3) is 0.588. The van der Waals surface area contributed by atoms with E-state index in [-0.39, 0.29) is 5.91 Å². The number of carbonyl (C=O) groups is 1. The summed E-state index contributed by atoms with van der Waals surface area (Å²) in [6.07, 6.45) is 4.08. The van der Waals surface area contributed by atoms with E-state index in [4.69, 9.17) is 0 Å². The summed E-state index contributed by atoms with van der Waals surface area (Å²) in [6.45, 7) is 6.50. The summed E-state index contributed by atoms with van der Waals surface area (Å²) in [5, 5.41) is 6.45. The largest absolute Gasteiger partial charge is 0.326 e. The van der Waals surface area contributed by atoms with Crippen molar-refractivity contribution in [3.63, 3.8) is 0 Å². The third-order valence-electron chi connectivity index (χ3n) is 4.27. The van der Waals surface area contributed by atoms with Gasteiger partial charge in [-0.2, -0.15) is 0 Å². The van der Waals surface area contributed by atoms with Gasteiger partial charge in [0.25, 0.3) is 0 Å². The molecule has 2 N–H and O–H groups in total. The Bertz CT molecular complexity index is 438. The van der Waals surface area contributed by atoms with Crippen LogP contribution in [0.25, 0.3) is 0 Å². The van der Waals surface area contributed by atoms with E-state index in [2.05, 4.69) is 36.6 Å². The van der Waals surface area contributed by atoms with Crippen molar-refractivity contribution in [3.8, 4) is 0 Å². The van der Waals surface area contributed by atoms with E-state index in [1.165, 1.54) is 18.4 Å². The molecular weight excluding hydrogens is 248 g/mol. The molecular formula is C17H26N2O. The molecule has 3 nitrogen and oxygen atoms in total. The Morgan fingerprint density at radius 2 is 2.35 bits per heavy atom. The summed E-state index contributed by atoms with van der Waals surface area (Å²) in [5.74, 6) is 1.21. The molecule has 1 aliphatic heterocycles. The molecule has 1 amide bonds. The Labute approximate surface area is 122 Å². The van der Waals surface area contributed by atoms with E-state index in [1.54, 1.807) is 0 Å². The number of hydrogen-bond acceptors (Lipinski definition) is 2. The van der Waals surface area contributed by atoms with Crippen LogP contribution in [0.3, 0.4) is 0 Å². The van der Waals surface area contributed by atoms with Gasteiger partial charge in [-0.3, -0.25) is 4.79 Å². The first-order chi connectivity index (χ1) is 9.69. The zero-order valence-corrected chi connectivity index (χ0v) is 12.6. The van der Waals surface area contributed by atoms with Gasteiger partial charge in [0.2, 0.25) is 5.91 Å². The van der Waals surface area contributed by atoms with E-state index in [0.717, 1.165) is 25.2 Å². The van der Waals surface area contributed by atoms with Gasteiger partial charge < -0.3 is 10.6 Å². The van der Waals surface area contributed by atoms with E-state index >= 15 is 0 Å². The molecule has 0 bridgehead atoms. The number of carbonyl (C=O) groups excluding carboxylic acids is 1. The Balaban J connectivity index is 1.84. The second-order valence-electron chi connectivity index (χ2n) is 5.89. The average Bonchev–Trinajstić information content (AvgIpc) is 2.48. The lowest BCUT2D eigenvalue weighted by atomic mass is 9.85. The normalized spacial score (nSPS) is 20.4. The maximum atomic E-state index is 12.1. The highest BCUT2D eigenvalue weighted by atomic mass is 16.1. The second kappa shape index (κ2) is 7.44. The average molecular weight is 274 g/mol. The van der Waals surface area contributed by atoms with Crippen LogP contribution in [0.1, 0.15) is 38.7 Å². The molecule has 1 aromatic carbocycles. The SMILES string of the molecule is CCc1cccc(NC(=O)CC(C)C2CCCNC2)c1. The number of benzene rings is 1. The van der Waals surface area contributed by atoms with E-state index in [0.29, 0.717) is 18.3 Å². The minimum Gasteiger partial charge on any atom is -0.326 e. The van der Waals surface area contributed by atoms with Crippen molar-refractivity contribution in [2.45, 2.75) is 39.5 Å². The van der Waals surface area contributed by atoms with Gasteiger partial charge in [-0.1, -0.05) is 26.0 Å². The molecule has 0 spiro atoms. The van der Waals surface area contributed by atoms with Crippen molar-refractivity contribution >= 4 is 11.6 Å². The number of nitrogens with one attached hydrogen (secondary N) is 2. The maximum Gasteiger partial charge on any atom is 0.224 e. The van der Waals surface area contributed by atoms with Gasteiger partial charge in [-0.05, 0) is 61.9 Å². The van der Waals surface area contributed by atoms with Crippen LogP contribution in [0.5, 0.6) is 0 Å². The van der Waals surface area contributed by atoms with Crippen LogP contribution in [-0.4, -0.2) is 19.0 Å². The maximum absolute atomic E-state index is 12.1. The lowest BCUT2D eigenvalue weighted by molar-refractivity contribution is -0.117. The van der Waals surface area contributed by atoms with Crippen LogP contribution in [0, 0.1) is 11.8 Å². The minimum atomic E-state index is 0.135. The molecule has 0 saturated carbocycles. The molecule has 1 heterocycles. The van der Waals surface area contributed by atoms with Gasteiger partial charge in [0.15, 0.2) is 0 Å². The molecule has 0 aromatic heterocycles. The number of rotatable bonds is 5. The van der Waals surface area contributed by atoms with Gasteiger partial charge in [0.05, 0.1) is 0 Å². The lowest BCUT2D eigenvalue weighted by Crippen LogP contribution is -2.34. The zero-order valence-electron chi connectivity index (χ0n) is 12.6. The highest BCUT2D eigenvalue weighted by Crippen LogP contribution is 2.23. The number of hydrogen-bond donors (Lipinski definition) is 2. The van der Waals surface area contributed by atoms with Crippen LogP contribution in [0.2, 0.25) is 0 Å². The van der Waals surface area contributed by atoms with Crippen molar-refractivity contribution in [2.24, 2.45) is 11.8 Å². The first-order valence-corrected chi connectivity index (χ1v) is 7.78. The highest BCUT2D eigenvalue weighted by Gasteiger charge is 2.21. The van der Waals surface area contributed by atoms with Crippen LogP contribution >= 0.6 is 0 Å². The molecule has 1 aromatic rings. The quantitative estimate of drug-likeness (QED) is 0.865. The Morgan fingerprint density at radius 1 is 1.50 bits per heavy atom. The van der Waals surface area contributed by atoms with Gasteiger partial charge in [-0.15, -0.1) is 0 Å². The molecule has 1 saturated heterocycles. The Kier molecular flexibility index (Phi) is 5.60. The molecule has 110 valence electrons. The zero-order chi connectivity index (χ0) is 14.4. The first kappa shape index (κ1) is 15.0. The third kappa shape index (κ3) is 4.34. The molecule has 2 unspecified atom stereocenters. The standard InChI is InChI=1S/C17H26N2O/c1-3-14-6-4-8-16(11-14)19-17(20)10-13(2)15-7-5-9-18-12-15/h4,6,8,11,13,15,18H,3,5,7,9-10,12H2,1-2H3,(H,19,20). The molecule has 2 atom stereocenters. The van der Waals surface area contributed by atoms with Crippen LogP contribution in [-0.2, 0) is 11.2 Å². The third-order valence-corrected chi connectivity index (χ3v) is 4.27. The van der Waals surface area contributed by atoms with Gasteiger partial charge in [0, 0.05) is 12.1 Å². The molecule has 2 rings (SSSR count). The van der Waals surface area contributed by atoms with Crippen molar-refractivity contribution in [2.75, 3.05) is 18.4 Å². The fourth-order valence-electron chi connectivity index (χ4n) is 2.90. The predicted molar refractivity (Wildman–Crippen MR) is 83.8 cm³/mol. The van der Waals surface area contributed by atoms with Crippen molar-refractivity contribution in [1.29, 1.82) is 0 Å². The van der Waals surface area contributed by atoms with E-state index in [1.807, 2.05) is 12.1 Å². The number of anilines is 1. The second-order valence-corrected chi connectivity index (χ2v) is 5.89. The molecule has 20 heavy (non-hydrogen) atoms. The molecule has 1 fully saturated rings. The van der Waals surface area contributed by atoms with E-state index < -0.39 is 0 Å². The summed E-state index contributed by atoms with van der Waals surface area (Å²) >= 11 is 0. The summed E-state index contributed by atoms with van der Waals surface area (Å²) < 4.78 is 0. The summed E-state index contributed by atoms with van der Waals surface area (Å²) in [5.41, 5.74) is 2.18.